The minimum atomic E-state index is 0.0140. The molecule has 0 radical (unpaired) electrons. The van der Waals surface area contributed by atoms with E-state index in [0.29, 0.717) is 26.2 Å². The number of rotatable bonds is 9. The van der Waals surface area contributed by atoms with E-state index in [1.165, 1.54) is 0 Å². The molecule has 0 bridgehead atoms. The van der Waals surface area contributed by atoms with Crippen LogP contribution >= 0.6 is 11.3 Å². The molecular weight excluding hydrogens is 302 g/mol. The minimum absolute atomic E-state index is 0.0140. The fourth-order valence-electron chi connectivity index (χ4n) is 1.97. The maximum absolute atomic E-state index is 11.8. The molecule has 0 aromatic carbocycles. The highest BCUT2D eigenvalue weighted by Crippen LogP contribution is 2.24. The summed E-state index contributed by atoms with van der Waals surface area (Å²) >= 11 is 1.54. The van der Waals surface area contributed by atoms with Gasteiger partial charge in [-0.15, -0.1) is 11.3 Å². The summed E-state index contributed by atoms with van der Waals surface area (Å²) in [5.41, 5.74) is 0.936. The molecule has 0 unspecified atom stereocenters. The molecule has 0 aliphatic carbocycles. The summed E-state index contributed by atoms with van der Waals surface area (Å²) in [6.45, 7) is 2.27. The van der Waals surface area contributed by atoms with Crippen molar-refractivity contribution in [3.8, 4) is 10.8 Å². The average molecular weight is 323 g/mol. The monoisotopic (exact) mass is 323 g/mol. The van der Waals surface area contributed by atoms with Gasteiger partial charge in [0.2, 0.25) is 5.91 Å². The van der Waals surface area contributed by atoms with Crippen molar-refractivity contribution >= 4 is 17.2 Å². The van der Waals surface area contributed by atoms with E-state index in [0.717, 1.165) is 22.9 Å². The normalized spacial score (nSPS) is 11.0. The summed E-state index contributed by atoms with van der Waals surface area (Å²) in [7, 11) is 3.56. The van der Waals surface area contributed by atoms with Gasteiger partial charge in [-0.1, -0.05) is 0 Å². The first-order valence-electron chi connectivity index (χ1n) is 7.11. The van der Waals surface area contributed by atoms with Crippen molar-refractivity contribution in [2.24, 2.45) is 0 Å². The third-order valence-corrected chi connectivity index (χ3v) is 3.88. The number of methoxy groups -OCH3 is 1. The van der Waals surface area contributed by atoms with Crippen molar-refractivity contribution < 1.29 is 13.9 Å². The SMILES string of the molecule is COCCCNC(=O)CN(C)Cc1csc(-c2ccco2)n1. The van der Waals surface area contributed by atoms with Crippen LogP contribution in [-0.4, -0.2) is 49.6 Å². The molecule has 2 heterocycles. The van der Waals surface area contributed by atoms with E-state index in [1.807, 2.05) is 29.5 Å². The number of carbonyl (C=O) groups is 1. The van der Waals surface area contributed by atoms with E-state index in [1.54, 1.807) is 24.7 Å². The number of amides is 1. The van der Waals surface area contributed by atoms with Crippen LogP contribution in [0.5, 0.6) is 0 Å². The molecule has 22 heavy (non-hydrogen) atoms. The van der Waals surface area contributed by atoms with Gasteiger partial charge in [0.25, 0.3) is 0 Å². The molecule has 0 fully saturated rings. The molecule has 0 aliphatic rings. The van der Waals surface area contributed by atoms with E-state index in [4.69, 9.17) is 9.15 Å². The fourth-order valence-corrected chi connectivity index (χ4v) is 2.75. The number of nitrogens with one attached hydrogen (secondary N) is 1. The smallest absolute Gasteiger partial charge is 0.234 e. The number of aromatic nitrogens is 1. The largest absolute Gasteiger partial charge is 0.462 e. The Hall–Kier alpha value is -1.70. The van der Waals surface area contributed by atoms with Crippen LogP contribution in [0.4, 0.5) is 0 Å². The van der Waals surface area contributed by atoms with E-state index in [-0.39, 0.29) is 5.91 Å². The molecule has 0 saturated carbocycles. The Morgan fingerprint density at radius 3 is 3.14 bits per heavy atom. The number of carbonyl (C=O) groups excluding carboxylic acids is 1. The molecule has 1 amide bonds. The average Bonchev–Trinajstić information content (AvgIpc) is 3.14. The van der Waals surface area contributed by atoms with Crippen molar-refractivity contribution in [3.63, 3.8) is 0 Å². The summed E-state index contributed by atoms with van der Waals surface area (Å²) in [5.74, 6) is 0.787. The topological polar surface area (TPSA) is 67.6 Å². The fraction of sp³-hybridized carbons (Fsp3) is 0.467. The first-order chi connectivity index (χ1) is 10.7. The van der Waals surface area contributed by atoms with Gasteiger partial charge in [0.15, 0.2) is 10.8 Å². The Bertz CT molecular complexity index is 568. The molecule has 0 aliphatic heterocycles. The predicted molar refractivity (Wildman–Crippen MR) is 85.7 cm³/mol. The van der Waals surface area contributed by atoms with Crippen molar-refractivity contribution in [1.82, 2.24) is 15.2 Å². The second-order valence-electron chi connectivity index (χ2n) is 4.99. The number of furan rings is 1. The lowest BCUT2D eigenvalue weighted by molar-refractivity contribution is -0.122. The molecule has 2 aromatic rings. The number of ether oxygens (including phenoxy) is 1. The molecule has 2 rings (SSSR count). The summed E-state index contributed by atoms with van der Waals surface area (Å²) < 4.78 is 10.3. The van der Waals surface area contributed by atoms with E-state index in [2.05, 4.69) is 10.3 Å². The molecular formula is C15H21N3O3S. The molecule has 2 aromatic heterocycles. The molecule has 0 atom stereocenters. The van der Waals surface area contributed by atoms with Crippen molar-refractivity contribution in [2.45, 2.75) is 13.0 Å². The van der Waals surface area contributed by atoms with Gasteiger partial charge in [-0.3, -0.25) is 9.69 Å². The van der Waals surface area contributed by atoms with Gasteiger partial charge in [-0.25, -0.2) is 4.98 Å². The minimum Gasteiger partial charge on any atom is -0.462 e. The maximum Gasteiger partial charge on any atom is 0.234 e. The van der Waals surface area contributed by atoms with Crippen molar-refractivity contribution in [3.05, 3.63) is 29.5 Å². The Labute approximate surface area is 134 Å². The van der Waals surface area contributed by atoms with Gasteiger partial charge < -0.3 is 14.5 Å². The Morgan fingerprint density at radius 2 is 2.41 bits per heavy atom. The molecule has 0 spiro atoms. The van der Waals surface area contributed by atoms with Gasteiger partial charge in [-0.05, 0) is 25.6 Å². The van der Waals surface area contributed by atoms with Gasteiger partial charge in [0.1, 0.15) is 0 Å². The summed E-state index contributed by atoms with van der Waals surface area (Å²) in [5, 5.41) is 5.72. The molecule has 6 nitrogen and oxygen atoms in total. The number of likely N-dealkylation sites (N-methyl/N-ethyl adjacent to an activating group) is 1. The number of thiazole rings is 1. The molecule has 1 N–H and O–H groups in total. The van der Waals surface area contributed by atoms with Crippen molar-refractivity contribution in [2.75, 3.05) is 33.9 Å². The molecule has 120 valence electrons. The first-order valence-corrected chi connectivity index (χ1v) is 7.99. The summed E-state index contributed by atoms with van der Waals surface area (Å²) in [6.07, 6.45) is 2.46. The lowest BCUT2D eigenvalue weighted by Crippen LogP contribution is -2.35. The zero-order valence-electron chi connectivity index (χ0n) is 12.9. The van der Waals surface area contributed by atoms with Gasteiger partial charge in [0.05, 0.1) is 18.5 Å². The third kappa shape index (κ3) is 5.25. The standard InChI is InChI=1S/C15H21N3O3S/c1-18(10-14(19)16-6-4-7-20-2)9-12-11-22-15(17-12)13-5-3-8-21-13/h3,5,8,11H,4,6-7,9-10H2,1-2H3,(H,16,19). The molecule has 0 saturated heterocycles. The number of nitrogens with zero attached hydrogens (tertiary/aromatic N) is 2. The van der Waals surface area contributed by atoms with Crippen molar-refractivity contribution in [1.29, 1.82) is 0 Å². The number of hydrogen-bond donors (Lipinski definition) is 1. The zero-order chi connectivity index (χ0) is 15.8. The van der Waals surface area contributed by atoms with Gasteiger partial charge >= 0.3 is 0 Å². The molecule has 7 heteroatoms. The van der Waals surface area contributed by atoms with E-state index in [9.17, 15) is 4.79 Å². The Balaban J connectivity index is 1.75. The highest BCUT2D eigenvalue weighted by atomic mass is 32.1. The highest BCUT2D eigenvalue weighted by molar-refractivity contribution is 7.13. The van der Waals surface area contributed by atoms with Gasteiger partial charge in [0, 0.05) is 32.2 Å². The van der Waals surface area contributed by atoms with Gasteiger partial charge in [-0.2, -0.15) is 0 Å². The maximum atomic E-state index is 11.8. The number of hydrogen-bond acceptors (Lipinski definition) is 6. The Kier molecular flexibility index (Phi) is 6.57. The second-order valence-corrected chi connectivity index (χ2v) is 5.85. The first kappa shape index (κ1) is 16.7. The van der Waals surface area contributed by atoms with E-state index < -0.39 is 0 Å². The van der Waals surface area contributed by atoms with Crippen LogP contribution in [-0.2, 0) is 16.1 Å². The van der Waals surface area contributed by atoms with Crippen LogP contribution < -0.4 is 5.32 Å². The van der Waals surface area contributed by atoms with Crippen LogP contribution in [0.25, 0.3) is 10.8 Å². The van der Waals surface area contributed by atoms with Crippen LogP contribution in [0.15, 0.2) is 28.2 Å². The summed E-state index contributed by atoms with van der Waals surface area (Å²) in [6, 6.07) is 3.73. The van der Waals surface area contributed by atoms with Crippen LogP contribution in [0.1, 0.15) is 12.1 Å². The van der Waals surface area contributed by atoms with Crippen LogP contribution in [0, 0.1) is 0 Å². The zero-order valence-corrected chi connectivity index (χ0v) is 13.7. The second kappa shape index (κ2) is 8.67. The lowest BCUT2D eigenvalue weighted by Gasteiger charge is -2.14. The predicted octanol–water partition coefficient (Wildman–Crippen LogP) is 1.99. The Morgan fingerprint density at radius 1 is 1.55 bits per heavy atom. The lowest BCUT2D eigenvalue weighted by atomic mass is 10.4. The van der Waals surface area contributed by atoms with E-state index >= 15 is 0 Å². The van der Waals surface area contributed by atoms with Crippen LogP contribution in [0.2, 0.25) is 0 Å². The third-order valence-electron chi connectivity index (χ3n) is 2.98. The highest BCUT2D eigenvalue weighted by Gasteiger charge is 2.11. The summed E-state index contributed by atoms with van der Waals surface area (Å²) in [4.78, 5) is 18.2. The van der Waals surface area contributed by atoms with Crippen LogP contribution in [0.3, 0.4) is 0 Å². The quantitative estimate of drug-likeness (QED) is 0.715.